The van der Waals surface area contributed by atoms with Gasteiger partial charge >= 0.3 is 0 Å². The zero-order chi connectivity index (χ0) is 10.4. The average molecular weight is 196 g/mol. The highest BCUT2D eigenvalue weighted by atomic mass is 16.3. The first-order chi connectivity index (χ1) is 6.79. The van der Waals surface area contributed by atoms with Gasteiger partial charge in [-0.05, 0) is 45.1 Å². The van der Waals surface area contributed by atoms with E-state index in [1.165, 1.54) is 0 Å². The van der Waals surface area contributed by atoms with Crippen LogP contribution in [0, 0.1) is 0 Å². The topological polar surface area (TPSA) is 42.4 Å². The maximum absolute atomic E-state index is 5.49. The van der Waals surface area contributed by atoms with E-state index in [0.29, 0.717) is 6.04 Å². The standard InChI is InChI=1S/C11H20N2O/c1-3-10(11-6-4-9-14-11)13(2)8-5-7-12/h4,6,9-10H,3,5,7-8,12H2,1-2H3. The first kappa shape index (κ1) is 11.3. The van der Waals surface area contributed by atoms with Crippen molar-refractivity contribution in [2.24, 2.45) is 5.73 Å². The van der Waals surface area contributed by atoms with Crippen molar-refractivity contribution < 1.29 is 4.42 Å². The molecule has 1 aromatic rings. The molecule has 0 saturated carbocycles. The molecule has 0 bridgehead atoms. The van der Waals surface area contributed by atoms with Crippen molar-refractivity contribution in [3.8, 4) is 0 Å². The third kappa shape index (κ3) is 2.86. The highest BCUT2D eigenvalue weighted by Crippen LogP contribution is 2.22. The van der Waals surface area contributed by atoms with Gasteiger partial charge in [0, 0.05) is 0 Å². The van der Waals surface area contributed by atoms with Crippen LogP contribution in [-0.4, -0.2) is 25.0 Å². The summed E-state index contributed by atoms with van der Waals surface area (Å²) in [7, 11) is 2.12. The Morgan fingerprint density at radius 2 is 2.36 bits per heavy atom. The summed E-state index contributed by atoms with van der Waals surface area (Å²) in [5, 5.41) is 0. The molecule has 80 valence electrons. The molecule has 0 radical (unpaired) electrons. The minimum Gasteiger partial charge on any atom is -0.468 e. The van der Waals surface area contributed by atoms with Crippen LogP contribution in [0.4, 0.5) is 0 Å². The summed E-state index contributed by atoms with van der Waals surface area (Å²) in [5.74, 6) is 1.05. The van der Waals surface area contributed by atoms with Crippen molar-refractivity contribution in [1.29, 1.82) is 0 Å². The first-order valence-corrected chi connectivity index (χ1v) is 5.23. The normalized spacial score (nSPS) is 13.4. The van der Waals surface area contributed by atoms with Gasteiger partial charge in [0.1, 0.15) is 5.76 Å². The highest BCUT2D eigenvalue weighted by molar-refractivity contribution is 5.04. The Hall–Kier alpha value is -0.800. The number of nitrogens with two attached hydrogens (primary N) is 1. The van der Waals surface area contributed by atoms with Crippen LogP contribution in [0.3, 0.4) is 0 Å². The predicted octanol–water partition coefficient (Wildman–Crippen LogP) is 2.01. The molecule has 1 rings (SSSR count). The van der Waals surface area contributed by atoms with E-state index < -0.39 is 0 Å². The number of rotatable bonds is 6. The second-order valence-electron chi connectivity index (χ2n) is 3.56. The van der Waals surface area contributed by atoms with E-state index in [0.717, 1.165) is 31.7 Å². The maximum atomic E-state index is 5.49. The van der Waals surface area contributed by atoms with Crippen molar-refractivity contribution in [1.82, 2.24) is 4.90 Å². The SMILES string of the molecule is CCC(c1ccco1)N(C)CCCN. The first-order valence-electron chi connectivity index (χ1n) is 5.23. The van der Waals surface area contributed by atoms with Crippen molar-refractivity contribution in [2.75, 3.05) is 20.1 Å². The van der Waals surface area contributed by atoms with Gasteiger partial charge in [-0.25, -0.2) is 0 Å². The monoisotopic (exact) mass is 196 g/mol. The molecule has 1 heterocycles. The Morgan fingerprint density at radius 1 is 1.57 bits per heavy atom. The molecule has 14 heavy (non-hydrogen) atoms. The predicted molar refractivity (Wildman–Crippen MR) is 58.0 cm³/mol. The van der Waals surface area contributed by atoms with E-state index in [4.69, 9.17) is 10.2 Å². The number of hydrogen-bond donors (Lipinski definition) is 1. The van der Waals surface area contributed by atoms with Gasteiger partial charge in [-0.2, -0.15) is 0 Å². The van der Waals surface area contributed by atoms with Gasteiger partial charge in [0.05, 0.1) is 12.3 Å². The summed E-state index contributed by atoms with van der Waals surface area (Å²) < 4.78 is 5.41. The lowest BCUT2D eigenvalue weighted by atomic mass is 10.1. The lowest BCUT2D eigenvalue weighted by Crippen LogP contribution is -2.26. The summed E-state index contributed by atoms with van der Waals surface area (Å²) in [4.78, 5) is 2.30. The Bertz CT molecular complexity index is 233. The van der Waals surface area contributed by atoms with Gasteiger partial charge in [-0.1, -0.05) is 6.92 Å². The van der Waals surface area contributed by atoms with E-state index >= 15 is 0 Å². The Morgan fingerprint density at radius 3 is 2.86 bits per heavy atom. The zero-order valence-corrected chi connectivity index (χ0v) is 9.07. The van der Waals surface area contributed by atoms with E-state index in [1.807, 2.05) is 12.1 Å². The number of hydrogen-bond acceptors (Lipinski definition) is 3. The molecule has 0 fully saturated rings. The van der Waals surface area contributed by atoms with Crippen molar-refractivity contribution in [3.05, 3.63) is 24.2 Å². The van der Waals surface area contributed by atoms with Gasteiger partial charge < -0.3 is 10.2 Å². The second kappa shape index (κ2) is 5.83. The number of furan rings is 1. The molecule has 0 aliphatic heterocycles. The fourth-order valence-corrected chi connectivity index (χ4v) is 1.71. The quantitative estimate of drug-likeness (QED) is 0.756. The van der Waals surface area contributed by atoms with Gasteiger partial charge in [-0.3, -0.25) is 4.90 Å². The average Bonchev–Trinajstić information content (AvgIpc) is 2.69. The summed E-state index contributed by atoms with van der Waals surface area (Å²) in [5.41, 5.74) is 5.49. The second-order valence-corrected chi connectivity index (χ2v) is 3.56. The molecule has 1 aromatic heterocycles. The minimum absolute atomic E-state index is 0.386. The summed E-state index contributed by atoms with van der Waals surface area (Å²) >= 11 is 0. The zero-order valence-electron chi connectivity index (χ0n) is 9.07. The van der Waals surface area contributed by atoms with Crippen LogP contribution < -0.4 is 5.73 Å². The molecule has 0 saturated heterocycles. The van der Waals surface area contributed by atoms with Crippen LogP contribution in [0.15, 0.2) is 22.8 Å². The van der Waals surface area contributed by atoms with Crippen LogP contribution in [0.1, 0.15) is 31.6 Å². The molecule has 0 aliphatic carbocycles. The molecule has 1 atom stereocenters. The van der Waals surface area contributed by atoms with E-state index in [-0.39, 0.29) is 0 Å². The van der Waals surface area contributed by atoms with E-state index in [1.54, 1.807) is 6.26 Å². The fraction of sp³-hybridized carbons (Fsp3) is 0.636. The van der Waals surface area contributed by atoms with Crippen LogP contribution in [0.5, 0.6) is 0 Å². The summed E-state index contributed by atoms with van der Waals surface area (Å²) in [6.45, 7) is 3.95. The number of nitrogens with zero attached hydrogens (tertiary/aromatic N) is 1. The smallest absolute Gasteiger partial charge is 0.120 e. The minimum atomic E-state index is 0.386. The maximum Gasteiger partial charge on any atom is 0.120 e. The lowest BCUT2D eigenvalue weighted by Gasteiger charge is -2.25. The lowest BCUT2D eigenvalue weighted by molar-refractivity contribution is 0.208. The van der Waals surface area contributed by atoms with Crippen molar-refractivity contribution >= 4 is 0 Å². The molecule has 1 unspecified atom stereocenters. The van der Waals surface area contributed by atoms with Gasteiger partial charge in [0.25, 0.3) is 0 Å². The van der Waals surface area contributed by atoms with Crippen molar-refractivity contribution in [3.63, 3.8) is 0 Å². The molecule has 0 spiro atoms. The third-order valence-electron chi connectivity index (χ3n) is 2.51. The Balaban J connectivity index is 2.53. The van der Waals surface area contributed by atoms with Gasteiger partial charge in [0.2, 0.25) is 0 Å². The van der Waals surface area contributed by atoms with E-state index in [9.17, 15) is 0 Å². The van der Waals surface area contributed by atoms with Crippen LogP contribution in [0.25, 0.3) is 0 Å². The highest BCUT2D eigenvalue weighted by Gasteiger charge is 2.16. The van der Waals surface area contributed by atoms with Gasteiger partial charge in [0.15, 0.2) is 0 Å². The van der Waals surface area contributed by atoms with Crippen molar-refractivity contribution in [2.45, 2.75) is 25.8 Å². The Kier molecular flexibility index (Phi) is 4.70. The molecule has 3 nitrogen and oxygen atoms in total. The fourth-order valence-electron chi connectivity index (χ4n) is 1.71. The summed E-state index contributed by atoms with van der Waals surface area (Å²) in [6.07, 6.45) is 3.83. The third-order valence-corrected chi connectivity index (χ3v) is 2.51. The molecule has 0 aromatic carbocycles. The largest absolute Gasteiger partial charge is 0.468 e. The van der Waals surface area contributed by atoms with Crippen LogP contribution in [0.2, 0.25) is 0 Å². The molecule has 3 heteroatoms. The van der Waals surface area contributed by atoms with E-state index in [2.05, 4.69) is 18.9 Å². The van der Waals surface area contributed by atoms with Crippen LogP contribution in [-0.2, 0) is 0 Å². The summed E-state index contributed by atoms with van der Waals surface area (Å²) in [6, 6.07) is 4.36. The molecule has 0 amide bonds. The molecule has 0 aliphatic rings. The Labute approximate surface area is 85.9 Å². The molecular formula is C11H20N2O. The molecular weight excluding hydrogens is 176 g/mol. The van der Waals surface area contributed by atoms with Crippen LogP contribution >= 0.6 is 0 Å². The molecule has 2 N–H and O–H groups in total. The van der Waals surface area contributed by atoms with Gasteiger partial charge in [-0.15, -0.1) is 0 Å².